The van der Waals surface area contributed by atoms with E-state index in [0.717, 1.165) is 10.1 Å². The summed E-state index contributed by atoms with van der Waals surface area (Å²) in [6.07, 6.45) is 0. The Bertz CT molecular complexity index is 143. The van der Waals surface area contributed by atoms with E-state index in [-0.39, 0.29) is 6.03 Å². The molecule has 1 rings (SSSR count). The third-order valence-electron chi connectivity index (χ3n) is 0.858. The first kappa shape index (κ1) is 6.00. The molecule has 2 amide bonds. The van der Waals surface area contributed by atoms with Gasteiger partial charge in [0.05, 0.1) is 12.3 Å². The van der Waals surface area contributed by atoms with Gasteiger partial charge in [-0.3, -0.25) is 0 Å². The van der Waals surface area contributed by atoms with Gasteiger partial charge >= 0.3 is 6.03 Å². The molecule has 0 saturated carbocycles. The van der Waals surface area contributed by atoms with E-state index in [2.05, 4.69) is 32.9 Å². The summed E-state index contributed by atoms with van der Waals surface area (Å²) >= 11 is 2.18. The minimum Gasteiger partial charge on any atom is -0.331 e. The van der Waals surface area contributed by atoms with Gasteiger partial charge < -0.3 is 5.32 Å². The van der Waals surface area contributed by atoms with Crippen LogP contribution in [0.15, 0.2) is 4.99 Å². The Hall–Kier alpha value is -0.130. The fraction of sp³-hybridized carbons (Fsp3) is 0.500. The van der Waals surface area contributed by atoms with Crippen LogP contribution in [0.5, 0.6) is 0 Å². The number of urea groups is 1. The number of aliphatic imine (C=N–C) groups is 1. The third kappa shape index (κ3) is 1.18. The van der Waals surface area contributed by atoms with E-state index < -0.39 is 0 Å². The van der Waals surface area contributed by atoms with Crippen LogP contribution in [0.25, 0.3) is 0 Å². The van der Waals surface area contributed by atoms with Gasteiger partial charge in [0.15, 0.2) is 0 Å². The lowest BCUT2D eigenvalue weighted by Gasteiger charge is -1.85. The van der Waals surface area contributed by atoms with Crippen LogP contribution in [0.4, 0.5) is 4.79 Å². The number of nitrogens with zero attached hydrogens (tertiary/aromatic N) is 1. The molecule has 0 unspecified atom stereocenters. The molecule has 0 bridgehead atoms. The van der Waals surface area contributed by atoms with Gasteiger partial charge in [0.1, 0.15) is 0 Å². The lowest BCUT2D eigenvalue weighted by Crippen LogP contribution is -2.16. The summed E-state index contributed by atoms with van der Waals surface area (Å²) in [7, 11) is 0. The highest BCUT2D eigenvalue weighted by Crippen LogP contribution is 1.93. The standard InChI is InChI=1S/C4H5IN2O/c5-1-3-2-6-4(8)7-3/h1-2H2,(H,6,8). The lowest BCUT2D eigenvalue weighted by atomic mass is 10.4. The minimum atomic E-state index is -0.198. The number of hydrogen-bond acceptors (Lipinski definition) is 1. The first-order chi connectivity index (χ1) is 3.83. The Morgan fingerprint density at radius 2 is 2.62 bits per heavy atom. The molecule has 1 heterocycles. The van der Waals surface area contributed by atoms with Crippen LogP contribution in [0.3, 0.4) is 0 Å². The molecule has 4 heteroatoms. The molecule has 0 aliphatic carbocycles. The zero-order valence-corrected chi connectivity index (χ0v) is 6.31. The Kier molecular flexibility index (Phi) is 1.82. The van der Waals surface area contributed by atoms with Gasteiger partial charge in [0.2, 0.25) is 0 Å². The van der Waals surface area contributed by atoms with E-state index in [0.29, 0.717) is 6.54 Å². The van der Waals surface area contributed by atoms with Gasteiger partial charge in [-0.15, -0.1) is 0 Å². The zero-order valence-electron chi connectivity index (χ0n) is 4.15. The fourth-order valence-electron chi connectivity index (χ4n) is 0.477. The molecule has 0 aromatic carbocycles. The summed E-state index contributed by atoms with van der Waals surface area (Å²) in [5.74, 6) is 0. The predicted molar refractivity (Wildman–Crippen MR) is 39.7 cm³/mol. The van der Waals surface area contributed by atoms with Crippen molar-refractivity contribution < 1.29 is 4.79 Å². The fourth-order valence-corrected chi connectivity index (χ4v) is 0.918. The van der Waals surface area contributed by atoms with Crippen molar-refractivity contribution >= 4 is 34.3 Å². The van der Waals surface area contributed by atoms with Gasteiger partial charge in [-0.05, 0) is 0 Å². The summed E-state index contributed by atoms with van der Waals surface area (Å²) in [6, 6.07) is -0.198. The number of amides is 2. The molecule has 1 N–H and O–H groups in total. The molecule has 0 spiro atoms. The van der Waals surface area contributed by atoms with Crippen LogP contribution in [0.1, 0.15) is 0 Å². The summed E-state index contributed by atoms with van der Waals surface area (Å²) in [5, 5.41) is 2.57. The van der Waals surface area contributed by atoms with Crippen molar-refractivity contribution in [1.82, 2.24) is 5.32 Å². The molecule has 0 fully saturated rings. The molecule has 1 aliphatic heterocycles. The summed E-state index contributed by atoms with van der Waals surface area (Å²) in [6.45, 7) is 0.641. The summed E-state index contributed by atoms with van der Waals surface area (Å²) in [5.41, 5.74) is 0.940. The van der Waals surface area contributed by atoms with E-state index in [4.69, 9.17) is 0 Å². The van der Waals surface area contributed by atoms with Crippen molar-refractivity contribution in [3.8, 4) is 0 Å². The molecule has 1 aliphatic rings. The SMILES string of the molecule is O=C1N=C(CI)CN1. The largest absolute Gasteiger partial charge is 0.341 e. The Balaban J connectivity index is 2.57. The normalized spacial score (nSPS) is 18.1. The smallest absolute Gasteiger partial charge is 0.331 e. The van der Waals surface area contributed by atoms with Crippen molar-refractivity contribution in [2.24, 2.45) is 4.99 Å². The molecule has 0 atom stereocenters. The number of rotatable bonds is 1. The molecule has 0 aromatic rings. The number of hydrogen-bond donors (Lipinski definition) is 1. The lowest BCUT2D eigenvalue weighted by molar-refractivity contribution is 0.252. The highest BCUT2D eigenvalue weighted by atomic mass is 127. The Morgan fingerprint density at radius 3 is 2.88 bits per heavy atom. The highest BCUT2D eigenvalue weighted by molar-refractivity contribution is 14.1. The van der Waals surface area contributed by atoms with Crippen molar-refractivity contribution in [2.75, 3.05) is 11.0 Å². The number of nitrogens with one attached hydrogen (secondary N) is 1. The van der Waals surface area contributed by atoms with Crippen molar-refractivity contribution in [3.05, 3.63) is 0 Å². The molecular formula is C4H5IN2O. The van der Waals surface area contributed by atoms with Crippen molar-refractivity contribution in [2.45, 2.75) is 0 Å². The maximum absolute atomic E-state index is 10.3. The third-order valence-corrected chi connectivity index (χ3v) is 1.74. The molecule has 0 aromatic heterocycles. The second kappa shape index (κ2) is 2.43. The maximum atomic E-state index is 10.3. The number of halogens is 1. The Labute approximate surface area is 60.7 Å². The van der Waals surface area contributed by atoms with E-state index in [1.807, 2.05) is 0 Å². The Morgan fingerprint density at radius 1 is 1.88 bits per heavy atom. The van der Waals surface area contributed by atoms with Crippen LogP contribution in [0, 0.1) is 0 Å². The molecule has 3 nitrogen and oxygen atoms in total. The first-order valence-corrected chi connectivity index (χ1v) is 3.75. The van der Waals surface area contributed by atoms with Crippen LogP contribution >= 0.6 is 22.6 Å². The van der Waals surface area contributed by atoms with Gasteiger partial charge in [-0.2, -0.15) is 0 Å². The topological polar surface area (TPSA) is 41.5 Å². The van der Waals surface area contributed by atoms with Crippen LogP contribution < -0.4 is 5.32 Å². The number of carbonyl (C=O) groups excluding carboxylic acids is 1. The van der Waals surface area contributed by atoms with E-state index >= 15 is 0 Å². The van der Waals surface area contributed by atoms with E-state index in [1.165, 1.54) is 0 Å². The highest BCUT2D eigenvalue weighted by Gasteiger charge is 2.09. The second-order valence-electron chi connectivity index (χ2n) is 1.47. The van der Waals surface area contributed by atoms with Gasteiger partial charge in [0, 0.05) is 4.43 Å². The average Bonchev–Trinajstić information content (AvgIpc) is 2.14. The quantitative estimate of drug-likeness (QED) is 0.513. The summed E-state index contributed by atoms with van der Waals surface area (Å²) < 4.78 is 0.844. The van der Waals surface area contributed by atoms with Gasteiger partial charge in [-0.25, -0.2) is 9.79 Å². The molecular weight excluding hydrogens is 219 g/mol. The molecule has 0 radical (unpaired) electrons. The minimum absolute atomic E-state index is 0.198. The van der Waals surface area contributed by atoms with Gasteiger partial charge in [0.25, 0.3) is 0 Å². The zero-order chi connectivity index (χ0) is 5.98. The van der Waals surface area contributed by atoms with Crippen LogP contribution in [-0.4, -0.2) is 22.7 Å². The molecule has 44 valence electrons. The van der Waals surface area contributed by atoms with Crippen LogP contribution in [-0.2, 0) is 0 Å². The second-order valence-corrected chi connectivity index (χ2v) is 2.23. The van der Waals surface area contributed by atoms with Crippen molar-refractivity contribution in [1.29, 1.82) is 0 Å². The van der Waals surface area contributed by atoms with E-state index in [1.54, 1.807) is 0 Å². The van der Waals surface area contributed by atoms with Crippen molar-refractivity contribution in [3.63, 3.8) is 0 Å². The average molecular weight is 224 g/mol. The van der Waals surface area contributed by atoms with E-state index in [9.17, 15) is 4.79 Å². The first-order valence-electron chi connectivity index (χ1n) is 2.23. The number of alkyl halides is 1. The summed E-state index contributed by atoms with van der Waals surface area (Å²) in [4.78, 5) is 14.0. The maximum Gasteiger partial charge on any atom is 0.341 e. The van der Waals surface area contributed by atoms with Crippen LogP contribution in [0.2, 0.25) is 0 Å². The molecule has 8 heavy (non-hydrogen) atoms. The van der Waals surface area contributed by atoms with Gasteiger partial charge in [-0.1, -0.05) is 22.6 Å². The predicted octanol–water partition coefficient (Wildman–Crippen LogP) is 0.586. The number of carbonyl (C=O) groups is 1. The monoisotopic (exact) mass is 224 g/mol. The molecule has 0 saturated heterocycles.